The topological polar surface area (TPSA) is 74.6 Å². The van der Waals surface area contributed by atoms with Gasteiger partial charge in [-0.25, -0.2) is 13.6 Å². The monoisotopic (exact) mass is 414 g/mol. The van der Waals surface area contributed by atoms with Gasteiger partial charge in [0.2, 0.25) is 0 Å². The highest BCUT2D eigenvalue weighted by Crippen LogP contribution is 2.30. The predicted molar refractivity (Wildman–Crippen MR) is 111 cm³/mol. The molecular weight excluding hydrogens is 390 g/mol. The minimum absolute atomic E-state index is 0.00868. The lowest BCUT2D eigenvalue weighted by Crippen LogP contribution is -2.36. The van der Waals surface area contributed by atoms with Gasteiger partial charge in [0.1, 0.15) is 5.69 Å². The first-order valence-electron chi connectivity index (χ1n) is 10.0. The lowest BCUT2D eigenvalue weighted by molar-refractivity contribution is 0.243. The van der Waals surface area contributed by atoms with Crippen LogP contribution in [0.3, 0.4) is 0 Å². The Bertz CT molecular complexity index is 1040. The Balaban J connectivity index is 1.51. The van der Waals surface area contributed by atoms with Gasteiger partial charge in [0.25, 0.3) is 0 Å². The summed E-state index contributed by atoms with van der Waals surface area (Å²) >= 11 is 0. The van der Waals surface area contributed by atoms with Crippen LogP contribution in [-0.4, -0.2) is 33.7 Å². The maximum Gasteiger partial charge on any atom is 0.319 e. The molecule has 0 radical (unpaired) electrons. The van der Waals surface area contributed by atoms with Crippen LogP contribution in [0.1, 0.15) is 38.6 Å². The summed E-state index contributed by atoms with van der Waals surface area (Å²) in [5, 5.41) is 13.7. The Morgan fingerprint density at radius 1 is 1.10 bits per heavy atom. The van der Waals surface area contributed by atoms with Gasteiger partial charge in [0.15, 0.2) is 23.1 Å². The van der Waals surface area contributed by atoms with Gasteiger partial charge in [-0.1, -0.05) is 19.9 Å². The molecule has 1 aliphatic heterocycles. The van der Waals surface area contributed by atoms with E-state index in [1.54, 1.807) is 9.30 Å². The van der Waals surface area contributed by atoms with Crippen LogP contribution >= 0.6 is 0 Å². The van der Waals surface area contributed by atoms with Crippen molar-refractivity contribution in [2.24, 2.45) is 5.92 Å². The zero-order valence-electron chi connectivity index (χ0n) is 16.9. The van der Waals surface area contributed by atoms with Crippen LogP contribution in [0.15, 0.2) is 36.5 Å². The van der Waals surface area contributed by atoms with Crippen LogP contribution in [0.4, 0.5) is 25.0 Å². The predicted octanol–water partition coefficient (Wildman–Crippen LogP) is 4.13. The summed E-state index contributed by atoms with van der Waals surface area (Å²) in [4.78, 5) is 14.3. The van der Waals surface area contributed by atoms with E-state index in [4.69, 9.17) is 0 Å². The SMILES string of the molecule is CC(C)C(NC(=O)Nc1cc(F)c(N2CCCC2)c(F)c1)c1nnc2ccccn12. The van der Waals surface area contributed by atoms with E-state index in [9.17, 15) is 13.6 Å². The summed E-state index contributed by atoms with van der Waals surface area (Å²) in [5.74, 6) is -0.779. The molecular formula is C21H24F2N6O. The van der Waals surface area contributed by atoms with Crippen molar-refractivity contribution in [1.29, 1.82) is 0 Å². The molecule has 9 heteroatoms. The van der Waals surface area contributed by atoms with Gasteiger partial charge in [-0.05, 0) is 43.0 Å². The first-order chi connectivity index (χ1) is 14.4. The van der Waals surface area contributed by atoms with Crippen molar-refractivity contribution < 1.29 is 13.6 Å². The molecule has 4 rings (SSSR count). The molecule has 1 aliphatic rings. The van der Waals surface area contributed by atoms with Crippen molar-refractivity contribution >= 4 is 23.1 Å². The number of aromatic nitrogens is 3. The van der Waals surface area contributed by atoms with Crippen LogP contribution in [0.25, 0.3) is 5.65 Å². The number of urea groups is 1. The number of benzene rings is 1. The molecule has 2 amide bonds. The number of nitrogens with one attached hydrogen (secondary N) is 2. The van der Waals surface area contributed by atoms with Crippen molar-refractivity contribution in [2.75, 3.05) is 23.3 Å². The quantitative estimate of drug-likeness (QED) is 0.659. The molecule has 7 nitrogen and oxygen atoms in total. The maximum atomic E-state index is 14.5. The number of fused-ring (bicyclic) bond motifs is 1. The molecule has 0 saturated carbocycles. The number of amides is 2. The van der Waals surface area contributed by atoms with Crippen LogP contribution in [0.2, 0.25) is 0 Å². The van der Waals surface area contributed by atoms with E-state index in [0.717, 1.165) is 25.0 Å². The van der Waals surface area contributed by atoms with Crippen molar-refractivity contribution in [3.8, 4) is 0 Å². The lowest BCUT2D eigenvalue weighted by atomic mass is 10.0. The average Bonchev–Trinajstić information content (AvgIpc) is 3.35. The van der Waals surface area contributed by atoms with E-state index in [-0.39, 0.29) is 17.3 Å². The first-order valence-corrected chi connectivity index (χ1v) is 10.0. The van der Waals surface area contributed by atoms with Gasteiger partial charge in [0, 0.05) is 25.0 Å². The van der Waals surface area contributed by atoms with Crippen molar-refractivity contribution in [2.45, 2.75) is 32.7 Å². The summed E-state index contributed by atoms with van der Waals surface area (Å²) in [6.45, 7) is 5.14. The third-order valence-corrected chi connectivity index (χ3v) is 5.27. The normalized spacial score (nSPS) is 15.0. The number of carbonyl (C=O) groups excluding carboxylic acids is 1. The number of pyridine rings is 1. The molecule has 2 aromatic heterocycles. The van der Waals surface area contributed by atoms with E-state index in [1.165, 1.54) is 0 Å². The van der Waals surface area contributed by atoms with Gasteiger partial charge >= 0.3 is 6.03 Å². The number of hydrogen-bond donors (Lipinski definition) is 2. The summed E-state index contributed by atoms with van der Waals surface area (Å²) in [7, 11) is 0. The second kappa shape index (κ2) is 8.25. The number of anilines is 2. The fourth-order valence-electron chi connectivity index (χ4n) is 3.79. The van der Waals surface area contributed by atoms with Gasteiger partial charge < -0.3 is 15.5 Å². The molecule has 0 aliphatic carbocycles. The Morgan fingerprint density at radius 2 is 1.80 bits per heavy atom. The van der Waals surface area contributed by atoms with Crippen LogP contribution in [0.5, 0.6) is 0 Å². The van der Waals surface area contributed by atoms with E-state index < -0.39 is 23.7 Å². The Kier molecular flexibility index (Phi) is 5.52. The fourth-order valence-corrected chi connectivity index (χ4v) is 3.79. The standard InChI is InChI=1S/C21H24F2N6O/c1-13(2)18(20-27-26-17-7-3-4-10-29(17)20)25-21(30)24-14-11-15(22)19(16(23)12-14)28-8-5-6-9-28/h3-4,7,10-13,18H,5-6,8-9H2,1-2H3,(H2,24,25,30). The highest BCUT2D eigenvalue weighted by Gasteiger charge is 2.25. The molecule has 1 unspecified atom stereocenters. The molecule has 0 bridgehead atoms. The summed E-state index contributed by atoms with van der Waals surface area (Å²) in [6, 6.07) is 6.80. The van der Waals surface area contributed by atoms with Gasteiger partial charge in [-0.2, -0.15) is 0 Å². The molecule has 2 N–H and O–H groups in total. The molecule has 1 atom stereocenters. The first kappa shape index (κ1) is 20.1. The fraction of sp³-hybridized carbons (Fsp3) is 0.381. The third kappa shape index (κ3) is 3.92. The highest BCUT2D eigenvalue weighted by molar-refractivity contribution is 5.89. The molecule has 30 heavy (non-hydrogen) atoms. The maximum absolute atomic E-state index is 14.5. The number of nitrogens with zero attached hydrogens (tertiary/aromatic N) is 4. The molecule has 1 saturated heterocycles. The zero-order valence-corrected chi connectivity index (χ0v) is 16.9. The van der Waals surface area contributed by atoms with Crippen molar-refractivity contribution in [3.63, 3.8) is 0 Å². The van der Waals surface area contributed by atoms with Crippen LogP contribution in [-0.2, 0) is 0 Å². The molecule has 1 aromatic carbocycles. The lowest BCUT2D eigenvalue weighted by Gasteiger charge is -2.22. The summed E-state index contributed by atoms with van der Waals surface area (Å²) < 4.78 is 30.9. The van der Waals surface area contributed by atoms with Gasteiger partial charge in [-0.3, -0.25) is 4.40 Å². The van der Waals surface area contributed by atoms with E-state index in [0.29, 0.717) is 24.6 Å². The minimum Gasteiger partial charge on any atom is -0.367 e. The van der Waals surface area contributed by atoms with Crippen LogP contribution < -0.4 is 15.5 Å². The number of hydrogen-bond acceptors (Lipinski definition) is 4. The van der Waals surface area contributed by atoms with Crippen LogP contribution in [0, 0.1) is 17.6 Å². The summed E-state index contributed by atoms with van der Waals surface area (Å²) in [5.41, 5.74) is 0.689. The second-order valence-corrected chi connectivity index (χ2v) is 7.79. The number of halogens is 2. The van der Waals surface area contributed by atoms with Gasteiger partial charge in [-0.15, -0.1) is 10.2 Å². The highest BCUT2D eigenvalue weighted by atomic mass is 19.1. The Morgan fingerprint density at radius 3 is 2.47 bits per heavy atom. The largest absolute Gasteiger partial charge is 0.367 e. The smallest absolute Gasteiger partial charge is 0.319 e. The second-order valence-electron chi connectivity index (χ2n) is 7.79. The molecule has 3 heterocycles. The number of carbonyl (C=O) groups is 1. The van der Waals surface area contributed by atoms with E-state index in [1.807, 2.05) is 38.2 Å². The van der Waals surface area contributed by atoms with Crippen molar-refractivity contribution in [1.82, 2.24) is 19.9 Å². The third-order valence-electron chi connectivity index (χ3n) is 5.27. The van der Waals surface area contributed by atoms with Crippen molar-refractivity contribution in [3.05, 3.63) is 54.0 Å². The number of rotatable bonds is 5. The van der Waals surface area contributed by atoms with E-state index >= 15 is 0 Å². The molecule has 0 spiro atoms. The van der Waals surface area contributed by atoms with Gasteiger partial charge in [0.05, 0.1) is 6.04 Å². The molecule has 3 aromatic rings. The average molecular weight is 414 g/mol. The molecule has 158 valence electrons. The Labute approximate surface area is 173 Å². The Hall–Kier alpha value is -3.23. The summed E-state index contributed by atoms with van der Waals surface area (Å²) in [6.07, 6.45) is 3.64. The minimum atomic E-state index is -0.684. The van der Waals surface area contributed by atoms with E-state index in [2.05, 4.69) is 20.8 Å². The molecule has 1 fully saturated rings. The zero-order chi connectivity index (χ0) is 21.3.